The van der Waals surface area contributed by atoms with Gasteiger partial charge >= 0.3 is 0 Å². The summed E-state index contributed by atoms with van der Waals surface area (Å²) in [5, 5.41) is 8.24. The van der Waals surface area contributed by atoms with Gasteiger partial charge in [-0.1, -0.05) is 55.8 Å². The maximum Gasteiger partial charge on any atom is 0.251 e. The van der Waals surface area contributed by atoms with Crippen molar-refractivity contribution in [2.24, 2.45) is 5.92 Å². The first-order valence-corrected chi connectivity index (χ1v) is 11.1. The Labute approximate surface area is 209 Å². The highest BCUT2D eigenvalue weighted by Crippen LogP contribution is 2.36. The number of anilines is 1. The lowest BCUT2D eigenvalue weighted by atomic mass is 10.0. The minimum atomic E-state index is -0.996. The van der Waals surface area contributed by atoms with E-state index in [1.54, 1.807) is 26.1 Å². The zero-order chi connectivity index (χ0) is 24.3. The number of fused-ring (bicyclic) bond motifs is 1. The van der Waals surface area contributed by atoms with Crippen LogP contribution in [0, 0.1) is 11.7 Å². The van der Waals surface area contributed by atoms with Crippen molar-refractivity contribution < 1.29 is 18.8 Å². The number of amides is 3. The van der Waals surface area contributed by atoms with Gasteiger partial charge in [-0.05, 0) is 43.1 Å². The largest absolute Gasteiger partial charge is 0.343 e. The monoisotopic (exact) mass is 510 g/mol. The van der Waals surface area contributed by atoms with Gasteiger partial charge in [0.1, 0.15) is 17.9 Å². The van der Waals surface area contributed by atoms with Crippen LogP contribution in [0.5, 0.6) is 0 Å². The lowest BCUT2D eigenvalue weighted by Gasteiger charge is -2.31. The van der Waals surface area contributed by atoms with Crippen LogP contribution >= 0.6 is 24.0 Å². The van der Waals surface area contributed by atoms with Crippen LogP contribution in [0.15, 0.2) is 42.5 Å². The third-order valence-corrected chi connectivity index (χ3v) is 6.12. The molecule has 0 fully saturated rings. The highest BCUT2D eigenvalue weighted by atomic mass is 35.5. The van der Waals surface area contributed by atoms with Crippen LogP contribution in [0.2, 0.25) is 5.02 Å². The summed E-state index contributed by atoms with van der Waals surface area (Å²) >= 11 is 6.08. The Hall–Kier alpha value is -2.68. The Morgan fingerprint density at radius 2 is 1.76 bits per heavy atom. The number of para-hydroxylation sites is 1. The Bertz CT molecular complexity index is 1050. The molecule has 3 amide bonds. The van der Waals surface area contributed by atoms with Crippen molar-refractivity contribution in [3.05, 3.63) is 64.4 Å². The summed E-state index contributed by atoms with van der Waals surface area (Å²) in [6.07, 6.45) is 0. The first-order chi connectivity index (χ1) is 15.6. The highest BCUT2D eigenvalue weighted by Gasteiger charge is 2.42. The van der Waals surface area contributed by atoms with Gasteiger partial charge in [0.2, 0.25) is 11.8 Å². The van der Waals surface area contributed by atoms with Gasteiger partial charge in [0.05, 0.1) is 16.8 Å². The van der Waals surface area contributed by atoms with Crippen LogP contribution in [0.1, 0.15) is 37.9 Å². The number of carbonyl (C=O) groups excluding carboxylic acids is 3. The van der Waals surface area contributed by atoms with Crippen molar-refractivity contribution in [2.45, 2.75) is 45.4 Å². The molecule has 1 aliphatic heterocycles. The molecule has 0 spiro atoms. The van der Waals surface area contributed by atoms with E-state index in [2.05, 4.69) is 16.0 Å². The molecule has 3 N–H and O–H groups in total. The summed E-state index contributed by atoms with van der Waals surface area (Å²) in [7, 11) is 1.65. The maximum absolute atomic E-state index is 14.3. The van der Waals surface area contributed by atoms with E-state index in [0.29, 0.717) is 5.56 Å². The molecule has 0 radical (unpaired) electrons. The standard InChI is InChI=1S/C24H28ClFN4O3.ClH/c1-13(2)19(28-22(31)14(3)27-4)24(33)30-12-15-8-5-6-9-16(15)21(30)23(32)29-20-17(25)10-7-11-18(20)26;/h5-11,13-14,19,21,27H,12H2,1-4H3,(H,28,31)(H,29,32);1H/t14?,19?,21-;/m0./s1. The summed E-state index contributed by atoms with van der Waals surface area (Å²) in [6.45, 7) is 5.53. The third kappa shape index (κ3) is 5.68. The zero-order valence-corrected chi connectivity index (χ0v) is 21.0. The van der Waals surface area contributed by atoms with Crippen molar-refractivity contribution in [1.82, 2.24) is 15.5 Å². The van der Waals surface area contributed by atoms with Crippen LogP contribution in [-0.4, -0.2) is 41.8 Å². The molecule has 184 valence electrons. The second kappa shape index (κ2) is 11.6. The highest BCUT2D eigenvalue weighted by molar-refractivity contribution is 6.33. The predicted molar refractivity (Wildman–Crippen MR) is 132 cm³/mol. The molecule has 10 heteroatoms. The van der Waals surface area contributed by atoms with E-state index >= 15 is 0 Å². The van der Waals surface area contributed by atoms with Gasteiger partial charge in [0, 0.05) is 6.54 Å². The predicted octanol–water partition coefficient (Wildman–Crippen LogP) is 3.67. The zero-order valence-electron chi connectivity index (χ0n) is 19.4. The number of hydrogen-bond acceptors (Lipinski definition) is 4. The number of likely N-dealkylation sites (N-methyl/N-ethyl adjacent to an activating group) is 1. The second-order valence-electron chi connectivity index (χ2n) is 8.39. The molecule has 0 saturated carbocycles. The van der Waals surface area contributed by atoms with Crippen LogP contribution in [-0.2, 0) is 20.9 Å². The first kappa shape index (κ1) is 27.6. The fraction of sp³-hybridized carbons (Fsp3) is 0.375. The van der Waals surface area contributed by atoms with Crippen molar-refractivity contribution in [3.8, 4) is 0 Å². The smallest absolute Gasteiger partial charge is 0.251 e. The molecule has 0 aromatic heterocycles. The molecule has 3 atom stereocenters. The van der Waals surface area contributed by atoms with Crippen molar-refractivity contribution in [2.75, 3.05) is 12.4 Å². The van der Waals surface area contributed by atoms with Gasteiger partial charge < -0.3 is 20.9 Å². The fourth-order valence-corrected chi connectivity index (χ4v) is 4.00. The van der Waals surface area contributed by atoms with Gasteiger partial charge in [-0.3, -0.25) is 14.4 Å². The number of halogens is 3. The summed E-state index contributed by atoms with van der Waals surface area (Å²) in [5.41, 5.74) is 1.31. The van der Waals surface area contributed by atoms with Crippen molar-refractivity contribution >= 4 is 47.4 Å². The van der Waals surface area contributed by atoms with Gasteiger partial charge in [-0.25, -0.2) is 4.39 Å². The summed E-state index contributed by atoms with van der Waals surface area (Å²) in [6, 6.07) is 8.99. The molecule has 1 aliphatic rings. The van der Waals surface area contributed by atoms with E-state index in [1.165, 1.54) is 23.1 Å². The van der Waals surface area contributed by atoms with E-state index in [0.717, 1.165) is 5.56 Å². The average Bonchev–Trinajstić information content (AvgIpc) is 3.18. The van der Waals surface area contributed by atoms with Crippen LogP contribution in [0.4, 0.5) is 10.1 Å². The SMILES string of the molecule is CNC(C)C(=O)NC(C(=O)N1Cc2ccccc2[C@H]1C(=O)Nc1c(F)cccc1Cl)C(C)C.Cl. The average molecular weight is 511 g/mol. The Morgan fingerprint density at radius 1 is 1.09 bits per heavy atom. The minimum Gasteiger partial charge on any atom is -0.343 e. The van der Waals surface area contributed by atoms with Crippen LogP contribution in [0.25, 0.3) is 0 Å². The third-order valence-electron chi connectivity index (χ3n) is 5.80. The van der Waals surface area contributed by atoms with Crippen molar-refractivity contribution in [3.63, 3.8) is 0 Å². The molecule has 1 heterocycles. The van der Waals surface area contributed by atoms with E-state index < -0.39 is 35.8 Å². The topological polar surface area (TPSA) is 90.5 Å². The van der Waals surface area contributed by atoms with E-state index in [9.17, 15) is 18.8 Å². The molecule has 0 aliphatic carbocycles. The molecule has 2 aromatic carbocycles. The Balaban J connectivity index is 0.00000408. The van der Waals surface area contributed by atoms with Gasteiger partial charge in [0.15, 0.2) is 0 Å². The maximum atomic E-state index is 14.3. The molecule has 2 unspecified atom stereocenters. The molecule has 3 rings (SSSR count). The van der Waals surface area contributed by atoms with E-state index in [1.807, 2.05) is 26.0 Å². The summed E-state index contributed by atoms with van der Waals surface area (Å²) in [5.74, 6) is -2.19. The van der Waals surface area contributed by atoms with Crippen molar-refractivity contribution in [1.29, 1.82) is 0 Å². The Morgan fingerprint density at radius 3 is 2.38 bits per heavy atom. The van der Waals surface area contributed by atoms with Crippen LogP contribution < -0.4 is 16.0 Å². The lowest BCUT2D eigenvalue weighted by Crippen LogP contribution is -2.55. The molecule has 7 nitrogen and oxygen atoms in total. The molecule has 34 heavy (non-hydrogen) atoms. The molecule has 0 saturated heterocycles. The minimum absolute atomic E-state index is 0. The molecule has 0 bridgehead atoms. The van der Waals surface area contributed by atoms with Gasteiger partial charge in [0.25, 0.3) is 5.91 Å². The fourth-order valence-electron chi connectivity index (χ4n) is 3.79. The van der Waals surface area contributed by atoms with Gasteiger partial charge in [-0.2, -0.15) is 0 Å². The number of nitrogens with zero attached hydrogens (tertiary/aromatic N) is 1. The summed E-state index contributed by atoms with van der Waals surface area (Å²) in [4.78, 5) is 40.9. The number of benzene rings is 2. The molecular weight excluding hydrogens is 482 g/mol. The summed E-state index contributed by atoms with van der Waals surface area (Å²) < 4.78 is 14.3. The van der Waals surface area contributed by atoms with E-state index in [-0.39, 0.29) is 41.5 Å². The van der Waals surface area contributed by atoms with E-state index in [4.69, 9.17) is 11.6 Å². The first-order valence-electron chi connectivity index (χ1n) is 10.8. The second-order valence-corrected chi connectivity index (χ2v) is 8.80. The molecular formula is C24H29Cl2FN4O3. The van der Waals surface area contributed by atoms with Crippen LogP contribution in [0.3, 0.4) is 0 Å². The Kier molecular flexibility index (Phi) is 9.44. The number of rotatable bonds is 7. The normalized spacial score (nSPS) is 16.3. The quantitative estimate of drug-likeness (QED) is 0.529. The molecule has 2 aromatic rings. The number of carbonyl (C=O) groups is 3. The number of nitrogens with one attached hydrogen (secondary N) is 3. The number of hydrogen-bond donors (Lipinski definition) is 3. The van der Waals surface area contributed by atoms with Gasteiger partial charge in [-0.15, -0.1) is 12.4 Å². The lowest BCUT2D eigenvalue weighted by molar-refractivity contribution is -0.143.